The molecule has 106 valence electrons. The first kappa shape index (κ1) is 14.4. The van der Waals surface area contributed by atoms with E-state index in [0.717, 1.165) is 24.2 Å². The molecule has 0 spiro atoms. The monoisotopic (exact) mass is 265 g/mol. The lowest BCUT2D eigenvalue weighted by Gasteiger charge is -2.26. The highest BCUT2D eigenvalue weighted by Crippen LogP contribution is 2.17. The molecule has 19 heavy (non-hydrogen) atoms. The minimum absolute atomic E-state index is 0.190. The first-order chi connectivity index (χ1) is 9.08. The molecule has 2 N–H and O–H groups in total. The van der Waals surface area contributed by atoms with Gasteiger partial charge in [0.15, 0.2) is 0 Å². The number of likely N-dealkylation sites (N-methyl/N-ethyl adjacent to an activating group) is 2. The van der Waals surface area contributed by atoms with Crippen LogP contribution in [0.3, 0.4) is 0 Å². The summed E-state index contributed by atoms with van der Waals surface area (Å²) in [5.74, 6) is -0.190. The Hall–Kier alpha value is -0.970. The van der Waals surface area contributed by atoms with Gasteiger partial charge in [0.25, 0.3) is 0 Å². The fraction of sp³-hybridized carbons (Fsp3) is 0.600. The van der Waals surface area contributed by atoms with Gasteiger partial charge in [-0.25, -0.2) is 4.39 Å². The standard InChI is InChI=1S/C15H24FN3/c1-18(11-15-4-3-5-19(15)2)10-13-6-12(9-17)7-14(16)8-13/h6-8,15H,3-5,9-11,17H2,1-2H3. The Kier molecular flexibility index (Phi) is 4.91. The van der Waals surface area contributed by atoms with Crippen molar-refractivity contribution >= 4 is 0 Å². The largest absolute Gasteiger partial charge is 0.326 e. The molecule has 1 unspecified atom stereocenters. The van der Waals surface area contributed by atoms with Gasteiger partial charge in [0.05, 0.1) is 0 Å². The van der Waals surface area contributed by atoms with Crippen molar-refractivity contribution in [1.29, 1.82) is 0 Å². The molecule has 0 aliphatic carbocycles. The van der Waals surface area contributed by atoms with Crippen molar-refractivity contribution < 1.29 is 4.39 Å². The first-order valence-corrected chi connectivity index (χ1v) is 6.95. The summed E-state index contributed by atoms with van der Waals surface area (Å²) in [5.41, 5.74) is 7.45. The molecule has 1 atom stereocenters. The fourth-order valence-corrected chi connectivity index (χ4v) is 2.87. The van der Waals surface area contributed by atoms with Crippen LogP contribution in [0.2, 0.25) is 0 Å². The Balaban J connectivity index is 1.94. The van der Waals surface area contributed by atoms with Gasteiger partial charge in [-0.1, -0.05) is 6.07 Å². The Labute approximate surface area is 115 Å². The molecular formula is C15H24FN3. The number of nitrogens with zero attached hydrogens (tertiary/aromatic N) is 2. The van der Waals surface area contributed by atoms with E-state index < -0.39 is 0 Å². The highest BCUT2D eigenvalue weighted by molar-refractivity contribution is 5.24. The van der Waals surface area contributed by atoms with Crippen molar-refractivity contribution in [2.75, 3.05) is 27.2 Å². The lowest BCUT2D eigenvalue weighted by molar-refractivity contribution is 0.215. The van der Waals surface area contributed by atoms with Crippen LogP contribution in [-0.4, -0.2) is 43.0 Å². The summed E-state index contributed by atoms with van der Waals surface area (Å²) in [6.07, 6.45) is 2.55. The topological polar surface area (TPSA) is 32.5 Å². The second-order valence-corrected chi connectivity index (χ2v) is 5.65. The SMILES string of the molecule is CN(Cc1cc(F)cc(CN)c1)CC1CCCN1C. The van der Waals surface area contributed by atoms with Gasteiger partial charge in [0.1, 0.15) is 5.82 Å². The maximum atomic E-state index is 13.4. The van der Waals surface area contributed by atoms with Crippen LogP contribution in [-0.2, 0) is 13.1 Å². The molecule has 1 aromatic carbocycles. The van der Waals surface area contributed by atoms with Crippen molar-refractivity contribution in [2.24, 2.45) is 5.73 Å². The summed E-state index contributed by atoms with van der Waals surface area (Å²) < 4.78 is 13.4. The zero-order valence-electron chi connectivity index (χ0n) is 11.9. The molecule has 0 amide bonds. The number of hydrogen-bond donors (Lipinski definition) is 1. The van der Waals surface area contributed by atoms with E-state index in [4.69, 9.17) is 5.73 Å². The zero-order chi connectivity index (χ0) is 13.8. The van der Waals surface area contributed by atoms with Gasteiger partial charge in [0, 0.05) is 25.7 Å². The van der Waals surface area contributed by atoms with Crippen LogP contribution in [0.5, 0.6) is 0 Å². The number of nitrogens with two attached hydrogens (primary N) is 1. The second kappa shape index (κ2) is 6.46. The minimum atomic E-state index is -0.190. The van der Waals surface area contributed by atoms with Gasteiger partial charge in [-0.2, -0.15) is 0 Å². The number of rotatable bonds is 5. The van der Waals surface area contributed by atoms with Gasteiger partial charge in [-0.3, -0.25) is 0 Å². The Morgan fingerprint density at radius 2 is 2.11 bits per heavy atom. The maximum absolute atomic E-state index is 13.4. The van der Waals surface area contributed by atoms with Crippen LogP contribution >= 0.6 is 0 Å². The third-order valence-electron chi connectivity index (χ3n) is 3.90. The molecule has 1 heterocycles. The van der Waals surface area contributed by atoms with Crippen molar-refractivity contribution in [3.05, 3.63) is 35.1 Å². The summed E-state index contributed by atoms with van der Waals surface area (Å²) in [4.78, 5) is 4.68. The molecule has 4 heteroatoms. The van der Waals surface area contributed by atoms with Crippen LogP contribution in [0.4, 0.5) is 4.39 Å². The quantitative estimate of drug-likeness (QED) is 0.881. The van der Waals surface area contributed by atoms with Crippen molar-refractivity contribution in [1.82, 2.24) is 9.80 Å². The van der Waals surface area contributed by atoms with E-state index >= 15 is 0 Å². The summed E-state index contributed by atoms with van der Waals surface area (Å²) in [6, 6.07) is 5.74. The van der Waals surface area contributed by atoms with E-state index in [-0.39, 0.29) is 5.82 Å². The summed E-state index contributed by atoms with van der Waals surface area (Å²) in [6.45, 7) is 3.38. The minimum Gasteiger partial charge on any atom is -0.326 e. The summed E-state index contributed by atoms with van der Waals surface area (Å²) in [5, 5.41) is 0. The third-order valence-corrected chi connectivity index (χ3v) is 3.90. The van der Waals surface area contributed by atoms with Gasteiger partial charge in [-0.05, 0) is 56.7 Å². The highest BCUT2D eigenvalue weighted by atomic mass is 19.1. The molecular weight excluding hydrogens is 241 g/mol. The van der Waals surface area contributed by atoms with Crippen LogP contribution in [0.25, 0.3) is 0 Å². The van der Waals surface area contributed by atoms with Crippen molar-refractivity contribution in [3.63, 3.8) is 0 Å². The third kappa shape index (κ3) is 4.00. The fourth-order valence-electron chi connectivity index (χ4n) is 2.87. The Morgan fingerprint density at radius 1 is 1.37 bits per heavy atom. The normalized spacial score (nSPS) is 20.4. The van der Waals surface area contributed by atoms with Crippen LogP contribution in [0, 0.1) is 5.82 Å². The number of halogens is 1. The number of benzene rings is 1. The van der Waals surface area contributed by atoms with Crippen LogP contribution in [0.1, 0.15) is 24.0 Å². The molecule has 1 saturated heterocycles. The average Bonchev–Trinajstić information content (AvgIpc) is 2.74. The van der Waals surface area contributed by atoms with E-state index in [1.54, 1.807) is 6.07 Å². The lowest BCUT2D eigenvalue weighted by Crippen LogP contribution is -2.36. The van der Waals surface area contributed by atoms with Gasteiger partial charge < -0.3 is 15.5 Å². The average molecular weight is 265 g/mol. The van der Waals surface area contributed by atoms with Gasteiger partial charge >= 0.3 is 0 Å². The number of hydrogen-bond acceptors (Lipinski definition) is 3. The van der Waals surface area contributed by atoms with E-state index in [1.165, 1.54) is 25.5 Å². The molecule has 3 nitrogen and oxygen atoms in total. The smallest absolute Gasteiger partial charge is 0.123 e. The molecule has 1 aromatic rings. The molecule has 1 aliphatic rings. The molecule has 0 bridgehead atoms. The predicted molar refractivity (Wildman–Crippen MR) is 76.3 cm³/mol. The van der Waals surface area contributed by atoms with Gasteiger partial charge in [0.2, 0.25) is 0 Å². The molecule has 1 aliphatic heterocycles. The Bertz CT molecular complexity index is 422. The van der Waals surface area contributed by atoms with Crippen molar-refractivity contribution in [2.45, 2.75) is 32.0 Å². The molecule has 2 rings (SSSR count). The van der Waals surface area contributed by atoms with Gasteiger partial charge in [-0.15, -0.1) is 0 Å². The Morgan fingerprint density at radius 3 is 2.74 bits per heavy atom. The van der Waals surface area contributed by atoms with Crippen LogP contribution in [0.15, 0.2) is 18.2 Å². The first-order valence-electron chi connectivity index (χ1n) is 6.95. The number of likely N-dealkylation sites (tertiary alicyclic amines) is 1. The second-order valence-electron chi connectivity index (χ2n) is 5.65. The molecule has 0 aromatic heterocycles. The van der Waals surface area contributed by atoms with E-state index in [0.29, 0.717) is 12.6 Å². The molecule has 1 fully saturated rings. The van der Waals surface area contributed by atoms with E-state index in [9.17, 15) is 4.39 Å². The highest BCUT2D eigenvalue weighted by Gasteiger charge is 2.21. The molecule has 0 saturated carbocycles. The van der Waals surface area contributed by atoms with E-state index in [1.807, 2.05) is 6.07 Å². The lowest BCUT2D eigenvalue weighted by atomic mass is 10.1. The predicted octanol–water partition coefficient (Wildman–Crippen LogP) is 1.81. The van der Waals surface area contributed by atoms with E-state index in [2.05, 4.69) is 23.9 Å². The molecule has 0 radical (unpaired) electrons. The van der Waals surface area contributed by atoms with Crippen molar-refractivity contribution in [3.8, 4) is 0 Å². The zero-order valence-corrected chi connectivity index (χ0v) is 11.9. The maximum Gasteiger partial charge on any atom is 0.123 e. The summed E-state index contributed by atoms with van der Waals surface area (Å²) >= 11 is 0. The summed E-state index contributed by atoms with van der Waals surface area (Å²) in [7, 11) is 4.28. The van der Waals surface area contributed by atoms with Crippen LogP contribution < -0.4 is 5.73 Å².